The van der Waals surface area contributed by atoms with Crippen LogP contribution in [0.4, 0.5) is 0 Å². The van der Waals surface area contributed by atoms with E-state index in [9.17, 15) is 0 Å². The van der Waals surface area contributed by atoms with Gasteiger partial charge in [-0.25, -0.2) is 0 Å². The number of halogens is 4. The summed E-state index contributed by atoms with van der Waals surface area (Å²) in [4.78, 5) is 0. The van der Waals surface area contributed by atoms with Gasteiger partial charge in [0.15, 0.2) is 0 Å². The second-order valence-electron chi connectivity index (χ2n) is 0.271. The van der Waals surface area contributed by atoms with Gasteiger partial charge in [0.05, 0.1) is 0 Å². The Morgan fingerprint density at radius 3 is 0.556 bits per heavy atom. The molecule has 0 bridgehead atoms. The molecule has 0 unspecified atom stereocenters. The van der Waals surface area contributed by atoms with Crippen LogP contribution in [0.1, 0.15) is 0 Å². The van der Waals surface area contributed by atoms with Gasteiger partial charge >= 0.3 is 49.6 Å². The minimum atomic E-state index is -3.06. The standard InChI is InChI=1S/4ClH.4H2O.Pt/h4*1H;4*1H2;/q;;;;;;;;+4/p-4. The van der Waals surface area contributed by atoms with E-state index in [2.05, 4.69) is 0 Å². The third-order valence-corrected chi connectivity index (χ3v) is 0. The van der Waals surface area contributed by atoms with Gasteiger partial charge < -0.3 is 21.9 Å². The van der Waals surface area contributed by atoms with E-state index in [0.717, 1.165) is 0 Å². The van der Waals surface area contributed by atoms with E-state index >= 15 is 0 Å². The van der Waals surface area contributed by atoms with Crippen LogP contribution in [0.5, 0.6) is 0 Å². The van der Waals surface area contributed by atoms with Crippen molar-refractivity contribution in [3.05, 3.63) is 0 Å². The zero-order chi connectivity index (χ0) is 4.50. The number of hydrogen-bond donors (Lipinski definition) is 0. The molecular weight excluding hydrogens is 401 g/mol. The average molecular weight is 409 g/mol. The fourth-order valence-corrected chi connectivity index (χ4v) is 0. The van der Waals surface area contributed by atoms with E-state index in [4.69, 9.17) is 37.7 Å². The molecule has 0 radical (unpaired) electrons. The van der Waals surface area contributed by atoms with Gasteiger partial charge in [-0.2, -0.15) is 0 Å². The molecule has 0 aromatic rings. The van der Waals surface area contributed by atoms with Crippen LogP contribution in [0.3, 0.4) is 0 Å². The van der Waals surface area contributed by atoms with Gasteiger partial charge in [-0.05, 0) is 0 Å². The zero-order valence-electron chi connectivity index (χ0n) is 3.83. The predicted octanol–water partition coefficient (Wildman–Crippen LogP) is -0.543. The van der Waals surface area contributed by atoms with E-state index in [1.165, 1.54) is 0 Å². The monoisotopic (exact) mass is 407 g/mol. The Bertz CT molecular complexity index is 28.0. The molecule has 0 aliphatic rings. The van der Waals surface area contributed by atoms with Crippen molar-refractivity contribution in [3.8, 4) is 0 Å². The van der Waals surface area contributed by atoms with Crippen LogP contribution in [0.2, 0.25) is 0 Å². The summed E-state index contributed by atoms with van der Waals surface area (Å²) >= 11 is -3.06. The van der Waals surface area contributed by atoms with Crippen LogP contribution in [-0.2, 0) is 11.9 Å². The maximum atomic E-state index is 5.01. The first-order valence-electron chi connectivity index (χ1n) is 0.478. The topological polar surface area (TPSA) is 126 Å². The molecule has 0 amide bonds. The number of hydrogen-bond acceptors (Lipinski definition) is 0. The third-order valence-electron chi connectivity index (χ3n) is 0. The molecule has 8 N–H and O–H groups in total. The molecule has 70 valence electrons. The summed E-state index contributed by atoms with van der Waals surface area (Å²) in [5, 5.41) is 0. The molecule has 9 heavy (non-hydrogen) atoms. The maximum absolute atomic E-state index is 5.01. The second-order valence-corrected chi connectivity index (χ2v) is 20.0. The molecule has 4 nitrogen and oxygen atoms in total. The Labute approximate surface area is 71.2 Å². The molecule has 0 spiro atoms. The molecule has 0 aromatic heterocycles. The Kier molecular flexibility index (Phi) is 42.6. The summed E-state index contributed by atoms with van der Waals surface area (Å²) in [6, 6.07) is 0. The van der Waals surface area contributed by atoms with Crippen LogP contribution >= 0.6 is 37.7 Å². The van der Waals surface area contributed by atoms with Gasteiger partial charge in [0, 0.05) is 0 Å². The van der Waals surface area contributed by atoms with E-state index in [1.54, 1.807) is 0 Å². The van der Waals surface area contributed by atoms with Crippen molar-refractivity contribution in [2.75, 3.05) is 0 Å². The van der Waals surface area contributed by atoms with E-state index in [1.807, 2.05) is 0 Å². The van der Waals surface area contributed by atoms with Crippen molar-refractivity contribution in [2.24, 2.45) is 0 Å². The molecule has 0 aliphatic heterocycles. The van der Waals surface area contributed by atoms with Crippen LogP contribution in [-0.4, -0.2) is 21.9 Å². The van der Waals surface area contributed by atoms with Crippen LogP contribution in [0.15, 0.2) is 0 Å². The van der Waals surface area contributed by atoms with Gasteiger partial charge in [0.1, 0.15) is 0 Å². The normalized spacial score (nSPS) is 8.44. The van der Waals surface area contributed by atoms with Crippen molar-refractivity contribution < 1.29 is 33.8 Å². The summed E-state index contributed by atoms with van der Waals surface area (Å²) in [6.45, 7) is 0. The fourth-order valence-electron chi connectivity index (χ4n) is 0. The van der Waals surface area contributed by atoms with Crippen molar-refractivity contribution in [1.29, 1.82) is 0 Å². The van der Waals surface area contributed by atoms with Gasteiger partial charge in [-0.1, -0.05) is 0 Å². The molecule has 0 saturated carbocycles. The summed E-state index contributed by atoms with van der Waals surface area (Å²) in [6.07, 6.45) is 0. The molecular formula is H8Cl4O4Pt. The Balaban J connectivity index is -0.0000000133. The first kappa shape index (κ1) is 31.0. The Morgan fingerprint density at radius 1 is 0.556 bits per heavy atom. The van der Waals surface area contributed by atoms with E-state index in [0.29, 0.717) is 0 Å². The molecule has 0 fully saturated rings. The van der Waals surface area contributed by atoms with Crippen LogP contribution in [0, 0.1) is 0 Å². The first-order valence-corrected chi connectivity index (χ1v) is 11.7. The number of rotatable bonds is 0. The molecule has 0 saturated heterocycles. The van der Waals surface area contributed by atoms with Crippen LogP contribution in [0.25, 0.3) is 0 Å². The van der Waals surface area contributed by atoms with Crippen molar-refractivity contribution >= 4 is 37.7 Å². The molecule has 0 aliphatic carbocycles. The average Bonchev–Trinajstić information content (AvgIpc) is 0.722. The Hall–Kier alpha value is 1.69. The second kappa shape index (κ2) is 12.4. The molecule has 0 rings (SSSR count). The van der Waals surface area contributed by atoms with Crippen molar-refractivity contribution in [2.45, 2.75) is 0 Å². The van der Waals surface area contributed by atoms with Gasteiger partial charge in [0.25, 0.3) is 0 Å². The zero-order valence-corrected chi connectivity index (χ0v) is 9.12. The predicted molar refractivity (Wildman–Crippen MR) is 37.9 cm³/mol. The molecule has 9 heteroatoms. The van der Waals surface area contributed by atoms with E-state index < -0.39 is 11.9 Å². The summed E-state index contributed by atoms with van der Waals surface area (Å²) < 4.78 is 0. The van der Waals surface area contributed by atoms with Gasteiger partial charge in [-0.15, -0.1) is 0 Å². The van der Waals surface area contributed by atoms with Gasteiger partial charge in [-0.3, -0.25) is 0 Å². The third kappa shape index (κ3) is 201. The molecule has 0 aromatic carbocycles. The summed E-state index contributed by atoms with van der Waals surface area (Å²) in [7, 11) is 20.0. The first-order chi connectivity index (χ1) is 2.00. The summed E-state index contributed by atoms with van der Waals surface area (Å²) in [5.74, 6) is 0. The van der Waals surface area contributed by atoms with Crippen molar-refractivity contribution in [3.63, 3.8) is 0 Å². The summed E-state index contributed by atoms with van der Waals surface area (Å²) in [5.41, 5.74) is 0. The van der Waals surface area contributed by atoms with E-state index in [-0.39, 0.29) is 21.9 Å². The van der Waals surface area contributed by atoms with Gasteiger partial charge in [0.2, 0.25) is 0 Å². The Morgan fingerprint density at radius 2 is 0.556 bits per heavy atom. The quantitative estimate of drug-likeness (QED) is 0.510. The SMILES string of the molecule is O.O.O.O.[Cl][Pt]([Cl])([Cl])[Cl]. The van der Waals surface area contributed by atoms with Crippen molar-refractivity contribution in [1.82, 2.24) is 0 Å². The van der Waals surface area contributed by atoms with Crippen LogP contribution < -0.4 is 0 Å². The fraction of sp³-hybridized carbons (Fsp3) is 0. The molecule has 0 heterocycles. The minimum absolute atomic E-state index is 0. The molecule has 0 atom stereocenters.